The summed E-state index contributed by atoms with van der Waals surface area (Å²) in [7, 11) is 3.26. The molecule has 2 N–H and O–H groups in total. The van der Waals surface area contributed by atoms with Gasteiger partial charge in [0.15, 0.2) is 11.5 Å². The summed E-state index contributed by atoms with van der Waals surface area (Å²) >= 11 is 0. The highest BCUT2D eigenvalue weighted by Gasteiger charge is 2.14. The molecule has 0 aromatic heterocycles. The second-order valence-electron chi connectivity index (χ2n) is 4.74. The smallest absolute Gasteiger partial charge is 0.203 e. The van der Waals surface area contributed by atoms with Gasteiger partial charge in [-0.15, -0.1) is 0 Å². The van der Waals surface area contributed by atoms with Crippen molar-refractivity contribution >= 4 is 0 Å². The Labute approximate surface area is 127 Å². The Morgan fingerprint density at radius 3 is 2.24 bits per heavy atom. The van der Waals surface area contributed by atoms with Crippen LogP contribution < -0.4 is 19.5 Å². The highest BCUT2D eigenvalue weighted by Crippen LogP contribution is 2.38. The first-order valence-electron chi connectivity index (χ1n) is 7.46. The number of aliphatic hydroxyl groups is 1. The molecule has 0 aliphatic carbocycles. The van der Waals surface area contributed by atoms with E-state index >= 15 is 0 Å². The number of ether oxygens (including phenoxy) is 3. The number of benzene rings is 1. The summed E-state index contributed by atoms with van der Waals surface area (Å²) in [4.78, 5) is 0. The first kappa shape index (κ1) is 17.6. The van der Waals surface area contributed by atoms with Crippen molar-refractivity contribution in [2.45, 2.75) is 32.7 Å². The SMILES string of the molecule is CCNCc1cc(OC)c(OCCCCCO)c(OC)c1. The maximum absolute atomic E-state index is 8.76. The number of aliphatic hydroxyl groups excluding tert-OH is 1. The average Bonchev–Trinajstić information content (AvgIpc) is 2.52. The normalized spacial score (nSPS) is 10.5. The van der Waals surface area contributed by atoms with Gasteiger partial charge in [-0.05, 0) is 43.5 Å². The molecule has 120 valence electrons. The fourth-order valence-corrected chi connectivity index (χ4v) is 2.01. The van der Waals surface area contributed by atoms with Crippen LogP contribution in [0.2, 0.25) is 0 Å². The van der Waals surface area contributed by atoms with Gasteiger partial charge in [0.1, 0.15) is 0 Å². The van der Waals surface area contributed by atoms with E-state index in [4.69, 9.17) is 19.3 Å². The summed E-state index contributed by atoms with van der Waals surface area (Å²) in [5.41, 5.74) is 1.10. The van der Waals surface area contributed by atoms with Gasteiger partial charge in [0.2, 0.25) is 5.75 Å². The van der Waals surface area contributed by atoms with Gasteiger partial charge in [-0.2, -0.15) is 0 Å². The molecule has 0 radical (unpaired) electrons. The van der Waals surface area contributed by atoms with Crippen LogP contribution in [0.1, 0.15) is 31.7 Å². The minimum absolute atomic E-state index is 0.228. The summed E-state index contributed by atoms with van der Waals surface area (Å²) in [6.45, 7) is 4.55. The molecule has 0 saturated heterocycles. The maximum Gasteiger partial charge on any atom is 0.203 e. The Hall–Kier alpha value is -1.46. The second-order valence-corrected chi connectivity index (χ2v) is 4.74. The van der Waals surface area contributed by atoms with Crippen LogP contribution in [0.4, 0.5) is 0 Å². The zero-order valence-corrected chi connectivity index (χ0v) is 13.3. The van der Waals surface area contributed by atoms with E-state index in [1.807, 2.05) is 12.1 Å². The molecule has 5 nitrogen and oxygen atoms in total. The molecule has 0 aliphatic rings. The lowest BCUT2D eigenvalue weighted by Gasteiger charge is -2.16. The molecule has 1 aromatic rings. The quantitative estimate of drug-likeness (QED) is 0.614. The number of nitrogens with one attached hydrogen (secondary N) is 1. The Morgan fingerprint density at radius 1 is 1.05 bits per heavy atom. The van der Waals surface area contributed by atoms with E-state index in [1.165, 1.54) is 0 Å². The predicted octanol–water partition coefficient (Wildman–Crippen LogP) is 2.35. The Bertz CT molecular complexity index is 384. The number of rotatable bonds is 11. The van der Waals surface area contributed by atoms with Gasteiger partial charge in [-0.25, -0.2) is 0 Å². The molecule has 0 spiro atoms. The molecule has 0 heterocycles. The van der Waals surface area contributed by atoms with Crippen LogP contribution >= 0.6 is 0 Å². The van der Waals surface area contributed by atoms with Crippen molar-refractivity contribution in [3.8, 4) is 17.2 Å². The van der Waals surface area contributed by atoms with Crippen molar-refractivity contribution in [2.75, 3.05) is 34.0 Å². The first-order valence-corrected chi connectivity index (χ1v) is 7.46. The maximum atomic E-state index is 8.76. The summed E-state index contributed by atoms with van der Waals surface area (Å²) in [6.07, 6.45) is 2.64. The van der Waals surface area contributed by atoms with Crippen molar-refractivity contribution < 1.29 is 19.3 Å². The van der Waals surface area contributed by atoms with Gasteiger partial charge < -0.3 is 24.6 Å². The highest BCUT2D eigenvalue weighted by atomic mass is 16.5. The van der Waals surface area contributed by atoms with Gasteiger partial charge >= 0.3 is 0 Å². The van der Waals surface area contributed by atoms with Crippen LogP contribution in [0.25, 0.3) is 0 Å². The molecule has 0 atom stereocenters. The predicted molar refractivity (Wildman–Crippen MR) is 83.4 cm³/mol. The highest BCUT2D eigenvalue weighted by molar-refractivity contribution is 5.53. The van der Waals surface area contributed by atoms with E-state index in [2.05, 4.69) is 12.2 Å². The van der Waals surface area contributed by atoms with E-state index in [9.17, 15) is 0 Å². The van der Waals surface area contributed by atoms with Crippen molar-refractivity contribution in [1.82, 2.24) is 5.32 Å². The van der Waals surface area contributed by atoms with E-state index in [-0.39, 0.29) is 6.61 Å². The summed E-state index contributed by atoms with van der Waals surface area (Å²) < 4.78 is 16.6. The number of unbranched alkanes of at least 4 members (excludes halogenated alkanes) is 2. The number of hydrogen-bond donors (Lipinski definition) is 2. The molecule has 0 fully saturated rings. The molecule has 21 heavy (non-hydrogen) atoms. The van der Waals surface area contributed by atoms with E-state index in [0.29, 0.717) is 23.9 Å². The standard InChI is InChI=1S/C16H27NO4/c1-4-17-12-13-10-14(19-2)16(15(11-13)20-3)21-9-7-5-6-8-18/h10-11,17-18H,4-9,12H2,1-3H3. The molecule has 0 amide bonds. The number of methoxy groups -OCH3 is 2. The van der Waals surface area contributed by atoms with Gasteiger partial charge in [0.05, 0.1) is 20.8 Å². The summed E-state index contributed by atoms with van der Waals surface area (Å²) in [5, 5.41) is 12.0. The zero-order chi connectivity index (χ0) is 15.5. The molecular formula is C16H27NO4. The molecular weight excluding hydrogens is 270 g/mol. The lowest BCUT2D eigenvalue weighted by atomic mass is 10.1. The van der Waals surface area contributed by atoms with Gasteiger partial charge in [-0.3, -0.25) is 0 Å². The third kappa shape index (κ3) is 5.81. The van der Waals surface area contributed by atoms with Crippen LogP contribution in [0.5, 0.6) is 17.2 Å². The van der Waals surface area contributed by atoms with E-state index < -0.39 is 0 Å². The molecule has 0 aliphatic heterocycles. The van der Waals surface area contributed by atoms with Crippen molar-refractivity contribution in [2.24, 2.45) is 0 Å². The average molecular weight is 297 g/mol. The Morgan fingerprint density at radius 2 is 1.71 bits per heavy atom. The van der Waals surface area contributed by atoms with Gasteiger partial charge in [-0.1, -0.05) is 6.92 Å². The van der Waals surface area contributed by atoms with Crippen LogP contribution in [-0.4, -0.2) is 39.1 Å². The fourth-order valence-electron chi connectivity index (χ4n) is 2.01. The van der Waals surface area contributed by atoms with Crippen LogP contribution in [0.3, 0.4) is 0 Å². The molecule has 5 heteroatoms. The zero-order valence-electron chi connectivity index (χ0n) is 13.3. The lowest BCUT2D eigenvalue weighted by molar-refractivity contribution is 0.252. The van der Waals surface area contributed by atoms with Crippen molar-refractivity contribution in [1.29, 1.82) is 0 Å². The first-order chi connectivity index (χ1) is 10.3. The van der Waals surface area contributed by atoms with Gasteiger partial charge in [0.25, 0.3) is 0 Å². The van der Waals surface area contributed by atoms with Crippen molar-refractivity contribution in [3.63, 3.8) is 0 Å². The molecule has 1 rings (SSSR count). The van der Waals surface area contributed by atoms with Crippen LogP contribution in [-0.2, 0) is 6.54 Å². The lowest BCUT2D eigenvalue weighted by Crippen LogP contribution is -2.12. The van der Waals surface area contributed by atoms with Crippen LogP contribution in [0, 0.1) is 0 Å². The minimum atomic E-state index is 0.228. The summed E-state index contributed by atoms with van der Waals surface area (Å²) in [5.74, 6) is 2.01. The topological polar surface area (TPSA) is 60.0 Å². The third-order valence-corrected chi connectivity index (χ3v) is 3.15. The number of hydrogen-bond acceptors (Lipinski definition) is 5. The monoisotopic (exact) mass is 297 g/mol. The van der Waals surface area contributed by atoms with Gasteiger partial charge in [0, 0.05) is 13.2 Å². The minimum Gasteiger partial charge on any atom is -0.493 e. The van der Waals surface area contributed by atoms with Crippen molar-refractivity contribution in [3.05, 3.63) is 17.7 Å². The van der Waals surface area contributed by atoms with Crippen LogP contribution in [0.15, 0.2) is 12.1 Å². The third-order valence-electron chi connectivity index (χ3n) is 3.15. The molecule has 0 unspecified atom stereocenters. The van der Waals surface area contributed by atoms with E-state index in [0.717, 1.165) is 37.9 Å². The molecule has 0 saturated carbocycles. The largest absolute Gasteiger partial charge is 0.493 e. The Balaban J connectivity index is 2.75. The Kier molecular flexibility index (Phi) is 8.62. The fraction of sp³-hybridized carbons (Fsp3) is 0.625. The second kappa shape index (κ2) is 10.3. The van der Waals surface area contributed by atoms with E-state index in [1.54, 1.807) is 14.2 Å². The molecule has 0 bridgehead atoms. The summed E-state index contributed by atoms with van der Waals surface area (Å²) in [6, 6.07) is 3.93. The molecule has 1 aromatic carbocycles.